The SMILES string of the molecule is NCC1(NCc2cccs2)CCc2cc(Br)ccc2C1. The molecule has 0 aliphatic heterocycles. The van der Waals surface area contributed by atoms with E-state index in [0.717, 1.165) is 25.8 Å². The van der Waals surface area contributed by atoms with E-state index in [-0.39, 0.29) is 5.54 Å². The molecular formula is C16H19BrN2S. The van der Waals surface area contributed by atoms with Crippen LogP contribution >= 0.6 is 27.3 Å². The summed E-state index contributed by atoms with van der Waals surface area (Å²) in [6.07, 6.45) is 3.24. The predicted octanol–water partition coefficient (Wildman–Crippen LogP) is 3.49. The zero-order valence-electron chi connectivity index (χ0n) is 11.4. The summed E-state index contributed by atoms with van der Waals surface area (Å²) in [6.45, 7) is 1.61. The summed E-state index contributed by atoms with van der Waals surface area (Å²) < 4.78 is 1.17. The monoisotopic (exact) mass is 350 g/mol. The molecule has 0 bridgehead atoms. The van der Waals surface area contributed by atoms with Crippen molar-refractivity contribution < 1.29 is 0 Å². The number of benzene rings is 1. The lowest BCUT2D eigenvalue weighted by Crippen LogP contribution is -2.54. The Kier molecular flexibility index (Phi) is 4.26. The Balaban J connectivity index is 1.75. The lowest BCUT2D eigenvalue weighted by atomic mass is 9.78. The summed E-state index contributed by atoms with van der Waals surface area (Å²) in [5.41, 5.74) is 9.04. The molecule has 0 amide bonds. The van der Waals surface area contributed by atoms with Crippen molar-refractivity contribution in [2.75, 3.05) is 6.54 Å². The van der Waals surface area contributed by atoms with E-state index in [0.29, 0.717) is 6.54 Å². The van der Waals surface area contributed by atoms with Gasteiger partial charge in [-0.05, 0) is 54.0 Å². The van der Waals surface area contributed by atoms with E-state index < -0.39 is 0 Å². The van der Waals surface area contributed by atoms with E-state index in [2.05, 4.69) is 57.0 Å². The number of hydrogen-bond donors (Lipinski definition) is 2. The van der Waals surface area contributed by atoms with Crippen LogP contribution in [-0.2, 0) is 19.4 Å². The van der Waals surface area contributed by atoms with E-state index in [1.165, 1.54) is 20.5 Å². The van der Waals surface area contributed by atoms with Crippen molar-refractivity contribution in [1.29, 1.82) is 0 Å². The van der Waals surface area contributed by atoms with E-state index in [4.69, 9.17) is 5.73 Å². The maximum atomic E-state index is 6.10. The number of aryl methyl sites for hydroxylation is 1. The largest absolute Gasteiger partial charge is 0.329 e. The zero-order chi connectivity index (χ0) is 14.0. The van der Waals surface area contributed by atoms with Gasteiger partial charge in [0, 0.05) is 28.0 Å². The first-order chi connectivity index (χ1) is 9.71. The molecule has 1 atom stereocenters. The molecule has 1 unspecified atom stereocenters. The summed E-state index contributed by atoms with van der Waals surface area (Å²) in [5.74, 6) is 0. The molecule has 4 heteroatoms. The number of nitrogens with one attached hydrogen (secondary N) is 1. The zero-order valence-corrected chi connectivity index (χ0v) is 13.8. The number of halogens is 1. The lowest BCUT2D eigenvalue weighted by Gasteiger charge is -2.38. The minimum atomic E-state index is 0.0464. The number of thiophene rings is 1. The fourth-order valence-corrected chi connectivity index (χ4v) is 3.96. The smallest absolute Gasteiger partial charge is 0.0351 e. The van der Waals surface area contributed by atoms with Gasteiger partial charge in [-0.15, -0.1) is 11.3 Å². The van der Waals surface area contributed by atoms with Crippen LogP contribution in [0, 0.1) is 0 Å². The van der Waals surface area contributed by atoms with Crippen LogP contribution in [0.25, 0.3) is 0 Å². The molecule has 3 N–H and O–H groups in total. The van der Waals surface area contributed by atoms with Crippen LogP contribution in [0.5, 0.6) is 0 Å². The third-order valence-electron chi connectivity index (χ3n) is 4.18. The van der Waals surface area contributed by atoms with E-state index in [1.54, 1.807) is 11.3 Å². The molecule has 0 radical (unpaired) electrons. The van der Waals surface area contributed by atoms with Gasteiger partial charge in [0.05, 0.1) is 0 Å². The summed E-state index contributed by atoms with van der Waals surface area (Å²) in [6, 6.07) is 10.9. The molecule has 2 nitrogen and oxygen atoms in total. The van der Waals surface area contributed by atoms with Crippen molar-refractivity contribution in [2.24, 2.45) is 5.73 Å². The van der Waals surface area contributed by atoms with Crippen molar-refractivity contribution >= 4 is 27.3 Å². The van der Waals surface area contributed by atoms with Crippen LogP contribution in [0.2, 0.25) is 0 Å². The van der Waals surface area contributed by atoms with Crippen molar-refractivity contribution in [3.8, 4) is 0 Å². The predicted molar refractivity (Wildman–Crippen MR) is 89.1 cm³/mol. The standard InChI is InChI=1S/C16H19BrN2S/c17-14-4-3-13-9-16(11-18,6-5-12(13)8-14)19-10-15-2-1-7-20-15/h1-4,7-8,19H,5-6,9-11,18H2. The van der Waals surface area contributed by atoms with Crippen LogP contribution in [0.1, 0.15) is 22.4 Å². The highest BCUT2D eigenvalue weighted by Crippen LogP contribution is 2.30. The molecule has 0 spiro atoms. The maximum Gasteiger partial charge on any atom is 0.0351 e. The first kappa shape index (κ1) is 14.3. The first-order valence-electron chi connectivity index (χ1n) is 6.96. The van der Waals surface area contributed by atoms with Gasteiger partial charge in [0.15, 0.2) is 0 Å². The van der Waals surface area contributed by atoms with Crippen LogP contribution in [0.3, 0.4) is 0 Å². The Bertz CT molecular complexity index is 582. The Hall–Kier alpha value is -0.680. The molecule has 106 valence electrons. The molecule has 20 heavy (non-hydrogen) atoms. The maximum absolute atomic E-state index is 6.10. The van der Waals surface area contributed by atoms with Crippen molar-refractivity contribution in [3.05, 3.63) is 56.2 Å². The molecule has 1 aromatic carbocycles. The van der Waals surface area contributed by atoms with Gasteiger partial charge < -0.3 is 11.1 Å². The number of hydrogen-bond acceptors (Lipinski definition) is 3. The van der Waals surface area contributed by atoms with E-state index in [1.807, 2.05) is 0 Å². The second kappa shape index (κ2) is 5.98. The second-order valence-corrected chi connectivity index (χ2v) is 7.46. The van der Waals surface area contributed by atoms with Crippen LogP contribution in [0.4, 0.5) is 0 Å². The average Bonchev–Trinajstić information content (AvgIpc) is 2.98. The normalized spacial score (nSPS) is 21.7. The Morgan fingerprint density at radius 2 is 2.20 bits per heavy atom. The molecule has 3 rings (SSSR count). The van der Waals surface area contributed by atoms with E-state index in [9.17, 15) is 0 Å². The van der Waals surface area contributed by atoms with Crippen molar-refractivity contribution in [2.45, 2.75) is 31.3 Å². The minimum absolute atomic E-state index is 0.0464. The Labute approximate surface area is 132 Å². The van der Waals surface area contributed by atoms with Gasteiger partial charge in [-0.25, -0.2) is 0 Å². The number of rotatable bonds is 4. The molecule has 1 aromatic heterocycles. The fraction of sp³-hybridized carbons (Fsp3) is 0.375. The minimum Gasteiger partial charge on any atom is -0.329 e. The van der Waals surface area contributed by atoms with Gasteiger partial charge in [0.25, 0.3) is 0 Å². The molecule has 0 saturated heterocycles. The summed E-state index contributed by atoms with van der Waals surface area (Å²) in [4.78, 5) is 1.37. The third-order valence-corrected chi connectivity index (χ3v) is 5.55. The quantitative estimate of drug-likeness (QED) is 0.885. The Morgan fingerprint density at radius 1 is 1.30 bits per heavy atom. The molecule has 1 heterocycles. The molecular weight excluding hydrogens is 332 g/mol. The number of nitrogens with two attached hydrogens (primary N) is 1. The van der Waals surface area contributed by atoms with Crippen LogP contribution in [-0.4, -0.2) is 12.1 Å². The average molecular weight is 351 g/mol. The summed E-state index contributed by atoms with van der Waals surface area (Å²) in [5, 5.41) is 5.84. The number of fused-ring (bicyclic) bond motifs is 1. The third kappa shape index (κ3) is 2.98. The van der Waals surface area contributed by atoms with Gasteiger partial charge in [-0.1, -0.05) is 28.1 Å². The van der Waals surface area contributed by atoms with Crippen LogP contribution < -0.4 is 11.1 Å². The van der Waals surface area contributed by atoms with Gasteiger partial charge in [-0.2, -0.15) is 0 Å². The molecule has 0 saturated carbocycles. The van der Waals surface area contributed by atoms with Gasteiger partial charge >= 0.3 is 0 Å². The Morgan fingerprint density at radius 3 is 2.95 bits per heavy atom. The summed E-state index contributed by atoms with van der Waals surface area (Å²) in [7, 11) is 0. The van der Waals surface area contributed by atoms with Gasteiger partial charge in [0.1, 0.15) is 0 Å². The first-order valence-corrected chi connectivity index (χ1v) is 8.63. The van der Waals surface area contributed by atoms with Crippen LogP contribution in [0.15, 0.2) is 40.2 Å². The van der Waals surface area contributed by atoms with Gasteiger partial charge in [-0.3, -0.25) is 0 Å². The second-order valence-electron chi connectivity index (χ2n) is 5.51. The van der Waals surface area contributed by atoms with Gasteiger partial charge in [0.2, 0.25) is 0 Å². The highest BCUT2D eigenvalue weighted by Gasteiger charge is 2.32. The highest BCUT2D eigenvalue weighted by molar-refractivity contribution is 9.10. The lowest BCUT2D eigenvalue weighted by molar-refractivity contribution is 0.292. The van der Waals surface area contributed by atoms with Crippen molar-refractivity contribution in [1.82, 2.24) is 5.32 Å². The highest BCUT2D eigenvalue weighted by atomic mass is 79.9. The van der Waals surface area contributed by atoms with E-state index >= 15 is 0 Å². The molecule has 1 aliphatic rings. The topological polar surface area (TPSA) is 38.0 Å². The molecule has 0 fully saturated rings. The fourth-order valence-electron chi connectivity index (χ4n) is 2.91. The molecule has 1 aliphatic carbocycles. The van der Waals surface area contributed by atoms with Crippen molar-refractivity contribution in [3.63, 3.8) is 0 Å². The molecule has 2 aromatic rings. The summed E-state index contributed by atoms with van der Waals surface area (Å²) >= 11 is 5.35.